The quantitative estimate of drug-likeness (QED) is 0.785. The van der Waals surface area contributed by atoms with Crippen molar-refractivity contribution in [3.63, 3.8) is 0 Å². The largest absolute Gasteiger partial charge is 0.396 e. The molecule has 24 heavy (non-hydrogen) atoms. The van der Waals surface area contributed by atoms with Gasteiger partial charge in [0, 0.05) is 12.5 Å². The molecule has 4 aliphatic carbocycles. The Morgan fingerprint density at radius 1 is 0.958 bits per heavy atom. The molecule has 0 spiro atoms. The van der Waals surface area contributed by atoms with Crippen molar-refractivity contribution in [1.82, 2.24) is 0 Å². The van der Waals surface area contributed by atoms with E-state index in [9.17, 15) is 9.90 Å². The van der Waals surface area contributed by atoms with Crippen LogP contribution in [0.1, 0.15) is 78.6 Å². The highest BCUT2D eigenvalue weighted by Crippen LogP contribution is 2.67. The minimum atomic E-state index is 0.290. The van der Waals surface area contributed by atoms with Crippen LogP contribution in [-0.4, -0.2) is 17.5 Å². The van der Waals surface area contributed by atoms with Gasteiger partial charge in [0.2, 0.25) is 0 Å². The van der Waals surface area contributed by atoms with E-state index in [1.807, 2.05) is 6.92 Å². The molecule has 4 fully saturated rings. The zero-order chi connectivity index (χ0) is 17.1. The lowest BCUT2D eigenvalue weighted by atomic mass is 9.44. The Kier molecular flexibility index (Phi) is 4.14. The van der Waals surface area contributed by atoms with Crippen LogP contribution < -0.4 is 0 Å². The predicted molar refractivity (Wildman–Crippen MR) is 96.5 cm³/mol. The maximum absolute atomic E-state index is 12.2. The van der Waals surface area contributed by atoms with Crippen molar-refractivity contribution in [3.05, 3.63) is 0 Å². The summed E-state index contributed by atoms with van der Waals surface area (Å²) in [5, 5.41) is 9.60. The monoisotopic (exact) mass is 332 g/mol. The first-order valence-electron chi connectivity index (χ1n) is 10.5. The zero-order valence-corrected chi connectivity index (χ0v) is 15.9. The highest BCUT2D eigenvalue weighted by Gasteiger charge is 2.60. The topological polar surface area (TPSA) is 37.3 Å². The van der Waals surface area contributed by atoms with Crippen LogP contribution in [0.4, 0.5) is 0 Å². The lowest BCUT2D eigenvalue weighted by Gasteiger charge is -2.61. The molecule has 2 heteroatoms. The summed E-state index contributed by atoms with van der Waals surface area (Å²) in [6, 6.07) is 0. The summed E-state index contributed by atoms with van der Waals surface area (Å²) in [6.45, 7) is 7.26. The summed E-state index contributed by atoms with van der Waals surface area (Å²) in [4.78, 5) is 12.2. The first-order chi connectivity index (χ1) is 11.4. The number of fused-ring (bicyclic) bond motifs is 5. The van der Waals surface area contributed by atoms with Gasteiger partial charge in [-0.3, -0.25) is 4.79 Å². The number of Topliss-reactive ketones (excluding diaryl/α,β-unsaturated/α-hetero) is 1. The van der Waals surface area contributed by atoms with E-state index in [0.717, 1.165) is 30.1 Å². The minimum absolute atomic E-state index is 0.290. The number of carbonyl (C=O) groups excluding carboxylic acids is 1. The number of hydrogen-bond donors (Lipinski definition) is 1. The highest BCUT2D eigenvalue weighted by molar-refractivity contribution is 5.79. The molecule has 2 nitrogen and oxygen atoms in total. The summed E-state index contributed by atoms with van der Waals surface area (Å²) in [5.41, 5.74) is 0.794. The number of carbonyl (C=O) groups is 1. The summed E-state index contributed by atoms with van der Waals surface area (Å²) in [5.74, 6) is 4.69. The van der Waals surface area contributed by atoms with Gasteiger partial charge in [0.1, 0.15) is 5.78 Å². The standard InChI is InChI=1S/C22H36O2/c1-14(24)18-6-7-19-17-5-4-16-12-15(13-23)8-10-21(16,2)20(17)9-11-22(18,19)3/h15-20,23H,4-13H2,1-3H3/t15?,16?,17-,18+,19-,20-,21-,22+/m0/s1. The van der Waals surface area contributed by atoms with Gasteiger partial charge in [-0.2, -0.15) is 0 Å². The fourth-order valence-electron chi connectivity index (χ4n) is 8.18. The smallest absolute Gasteiger partial charge is 0.133 e. The van der Waals surface area contributed by atoms with Crippen LogP contribution in [0.5, 0.6) is 0 Å². The van der Waals surface area contributed by atoms with Gasteiger partial charge in [0.05, 0.1) is 0 Å². The van der Waals surface area contributed by atoms with Crippen LogP contribution in [0, 0.1) is 46.3 Å². The molecule has 1 N–H and O–H groups in total. The molecule has 0 aromatic heterocycles. The molecule has 0 aromatic rings. The Labute approximate surface area is 147 Å². The van der Waals surface area contributed by atoms with Crippen molar-refractivity contribution < 1.29 is 9.90 Å². The van der Waals surface area contributed by atoms with E-state index in [1.165, 1.54) is 51.4 Å². The molecule has 2 unspecified atom stereocenters. The van der Waals surface area contributed by atoms with Crippen molar-refractivity contribution in [2.45, 2.75) is 78.6 Å². The third-order valence-corrected chi connectivity index (χ3v) is 9.52. The van der Waals surface area contributed by atoms with Gasteiger partial charge in [-0.25, -0.2) is 0 Å². The molecule has 136 valence electrons. The second-order valence-electron chi connectivity index (χ2n) is 10.3. The van der Waals surface area contributed by atoms with Gasteiger partial charge >= 0.3 is 0 Å². The van der Waals surface area contributed by atoms with E-state index < -0.39 is 0 Å². The Morgan fingerprint density at radius 2 is 1.67 bits per heavy atom. The molecule has 0 bridgehead atoms. The number of rotatable bonds is 2. The Hall–Kier alpha value is -0.370. The number of aliphatic hydroxyl groups is 1. The van der Waals surface area contributed by atoms with Crippen molar-refractivity contribution in [2.75, 3.05) is 6.61 Å². The fourth-order valence-corrected chi connectivity index (χ4v) is 8.18. The van der Waals surface area contributed by atoms with Crippen LogP contribution in [0.25, 0.3) is 0 Å². The highest BCUT2D eigenvalue weighted by atomic mass is 16.3. The molecule has 4 saturated carbocycles. The third kappa shape index (κ3) is 2.27. The summed E-state index contributed by atoms with van der Waals surface area (Å²) in [6.07, 6.45) is 11.6. The Morgan fingerprint density at radius 3 is 2.38 bits per heavy atom. The van der Waals surface area contributed by atoms with Crippen LogP contribution in [0.15, 0.2) is 0 Å². The third-order valence-electron chi connectivity index (χ3n) is 9.52. The predicted octanol–water partition coefficient (Wildman–Crippen LogP) is 4.84. The van der Waals surface area contributed by atoms with Gasteiger partial charge in [0.25, 0.3) is 0 Å². The molecule has 0 heterocycles. The Bertz CT molecular complexity index is 514. The summed E-state index contributed by atoms with van der Waals surface area (Å²) in [7, 11) is 0. The molecule has 0 radical (unpaired) electrons. The average molecular weight is 333 g/mol. The normalized spacial score (nSPS) is 53.8. The van der Waals surface area contributed by atoms with E-state index in [0.29, 0.717) is 35.1 Å². The van der Waals surface area contributed by atoms with Crippen molar-refractivity contribution >= 4 is 5.78 Å². The van der Waals surface area contributed by atoms with Gasteiger partial charge < -0.3 is 5.11 Å². The summed E-state index contributed by atoms with van der Waals surface area (Å²) >= 11 is 0. The van der Waals surface area contributed by atoms with Crippen molar-refractivity contribution in [1.29, 1.82) is 0 Å². The van der Waals surface area contributed by atoms with E-state index in [4.69, 9.17) is 0 Å². The van der Waals surface area contributed by atoms with Gasteiger partial charge in [-0.1, -0.05) is 13.8 Å². The summed E-state index contributed by atoms with van der Waals surface area (Å²) < 4.78 is 0. The fraction of sp³-hybridized carbons (Fsp3) is 0.955. The first kappa shape index (κ1) is 17.1. The molecule has 8 atom stereocenters. The maximum atomic E-state index is 12.2. The van der Waals surface area contributed by atoms with Crippen LogP contribution >= 0.6 is 0 Å². The zero-order valence-electron chi connectivity index (χ0n) is 15.9. The van der Waals surface area contributed by atoms with Crippen LogP contribution in [-0.2, 0) is 4.79 Å². The molecular weight excluding hydrogens is 296 g/mol. The van der Waals surface area contributed by atoms with E-state index in [1.54, 1.807) is 0 Å². The van der Waals surface area contributed by atoms with Crippen molar-refractivity contribution in [2.24, 2.45) is 46.3 Å². The van der Waals surface area contributed by atoms with Gasteiger partial charge in [-0.15, -0.1) is 0 Å². The SMILES string of the molecule is CC(=O)[C@H]1CC[C@H]2[C@@H]3CCC4CC(CO)CC[C@]4(C)[C@H]3CC[C@]12C. The van der Waals surface area contributed by atoms with Gasteiger partial charge in [0.15, 0.2) is 0 Å². The number of hydrogen-bond acceptors (Lipinski definition) is 2. The number of aliphatic hydroxyl groups excluding tert-OH is 1. The molecule has 0 aromatic carbocycles. The lowest BCUT2D eigenvalue weighted by molar-refractivity contribution is -0.136. The second kappa shape index (κ2) is 5.83. The maximum Gasteiger partial charge on any atom is 0.133 e. The minimum Gasteiger partial charge on any atom is -0.396 e. The van der Waals surface area contributed by atoms with Gasteiger partial charge in [-0.05, 0) is 105 Å². The second-order valence-corrected chi connectivity index (χ2v) is 10.3. The van der Waals surface area contributed by atoms with E-state index in [-0.39, 0.29) is 0 Å². The lowest BCUT2D eigenvalue weighted by Crippen LogP contribution is -2.54. The molecule has 4 aliphatic rings. The molecule has 0 aliphatic heterocycles. The van der Waals surface area contributed by atoms with E-state index >= 15 is 0 Å². The Balaban J connectivity index is 1.59. The molecule has 4 rings (SSSR count). The van der Waals surface area contributed by atoms with Crippen LogP contribution in [0.3, 0.4) is 0 Å². The average Bonchev–Trinajstić information content (AvgIpc) is 2.91. The number of ketones is 1. The van der Waals surface area contributed by atoms with Crippen molar-refractivity contribution in [3.8, 4) is 0 Å². The molecular formula is C22H36O2. The van der Waals surface area contributed by atoms with E-state index in [2.05, 4.69) is 13.8 Å². The molecule has 0 amide bonds. The first-order valence-corrected chi connectivity index (χ1v) is 10.5. The molecule has 0 saturated heterocycles. The van der Waals surface area contributed by atoms with Crippen LogP contribution in [0.2, 0.25) is 0 Å².